The minimum Gasteiger partial charge on any atom is -0.353 e. The van der Waals surface area contributed by atoms with Crippen LogP contribution in [0.5, 0.6) is 0 Å². The number of carbonyl (C=O) groups is 1. The van der Waals surface area contributed by atoms with Crippen molar-refractivity contribution in [3.8, 4) is 0 Å². The Labute approximate surface area is 95.5 Å². The van der Waals surface area contributed by atoms with Crippen molar-refractivity contribution in [2.24, 2.45) is 0 Å². The van der Waals surface area contributed by atoms with Gasteiger partial charge in [-0.1, -0.05) is 6.07 Å². The number of nitrogens with one attached hydrogen (secondary N) is 2. The molecule has 1 aliphatic heterocycles. The standard InChI is InChI=1S/C12H17N3O/c1-8-4-9(6-13-5-8)10-7-14-11(16)12(2,3)15-10/h4-6,10,15H,7H2,1-3H3,(H,14,16). The first-order valence-electron chi connectivity index (χ1n) is 5.46. The number of piperazine rings is 1. The van der Waals surface area contributed by atoms with Crippen molar-refractivity contribution in [3.05, 3.63) is 29.6 Å². The van der Waals surface area contributed by atoms with Gasteiger partial charge in [0.2, 0.25) is 5.91 Å². The Morgan fingerprint density at radius 1 is 1.44 bits per heavy atom. The first-order chi connectivity index (χ1) is 7.49. The lowest BCUT2D eigenvalue weighted by atomic mass is 9.96. The number of pyridine rings is 1. The molecule has 1 aromatic rings. The van der Waals surface area contributed by atoms with Crippen molar-refractivity contribution in [2.75, 3.05) is 6.54 Å². The number of rotatable bonds is 1. The minimum absolute atomic E-state index is 0.0457. The highest BCUT2D eigenvalue weighted by atomic mass is 16.2. The zero-order valence-corrected chi connectivity index (χ0v) is 9.87. The van der Waals surface area contributed by atoms with Gasteiger partial charge in [0.15, 0.2) is 0 Å². The summed E-state index contributed by atoms with van der Waals surface area (Å²) in [4.78, 5) is 15.7. The van der Waals surface area contributed by atoms with Crippen LogP contribution in [-0.4, -0.2) is 23.0 Å². The van der Waals surface area contributed by atoms with E-state index in [-0.39, 0.29) is 11.9 Å². The Morgan fingerprint density at radius 3 is 2.81 bits per heavy atom. The molecule has 0 spiro atoms. The van der Waals surface area contributed by atoms with Crippen LogP contribution in [0.3, 0.4) is 0 Å². The van der Waals surface area contributed by atoms with E-state index in [0.717, 1.165) is 11.1 Å². The van der Waals surface area contributed by atoms with Gasteiger partial charge in [0.25, 0.3) is 0 Å². The van der Waals surface area contributed by atoms with Gasteiger partial charge < -0.3 is 5.32 Å². The second-order valence-electron chi connectivity index (χ2n) is 4.83. The monoisotopic (exact) mass is 219 g/mol. The maximum atomic E-state index is 11.6. The molecule has 1 atom stereocenters. The van der Waals surface area contributed by atoms with Gasteiger partial charge in [0, 0.05) is 18.9 Å². The second-order valence-corrected chi connectivity index (χ2v) is 4.83. The Bertz CT molecular complexity index is 414. The Morgan fingerprint density at radius 2 is 2.19 bits per heavy atom. The SMILES string of the molecule is Cc1cncc(C2CNC(=O)C(C)(C)N2)c1. The molecular formula is C12H17N3O. The molecule has 4 heteroatoms. The highest BCUT2D eigenvalue weighted by molar-refractivity contribution is 5.86. The van der Waals surface area contributed by atoms with Crippen molar-refractivity contribution < 1.29 is 4.79 Å². The lowest BCUT2D eigenvalue weighted by molar-refractivity contribution is -0.128. The van der Waals surface area contributed by atoms with E-state index in [1.807, 2.05) is 33.2 Å². The summed E-state index contributed by atoms with van der Waals surface area (Å²) >= 11 is 0. The zero-order chi connectivity index (χ0) is 11.8. The van der Waals surface area contributed by atoms with Crippen molar-refractivity contribution in [1.29, 1.82) is 0 Å². The number of aromatic nitrogens is 1. The first-order valence-corrected chi connectivity index (χ1v) is 5.46. The van der Waals surface area contributed by atoms with E-state index in [1.54, 1.807) is 0 Å². The van der Waals surface area contributed by atoms with Crippen molar-refractivity contribution in [2.45, 2.75) is 32.4 Å². The Kier molecular flexibility index (Phi) is 2.68. The average Bonchev–Trinajstić information content (AvgIpc) is 2.22. The fourth-order valence-electron chi connectivity index (χ4n) is 1.94. The summed E-state index contributed by atoms with van der Waals surface area (Å²) in [5.41, 5.74) is 1.73. The van der Waals surface area contributed by atoms with E-state index in [1.165, 1.54) is 0 Å². The third-order valence-corrected chi connectivity index (χ3v) is 2.87. The van der Waals surface area contributed by atoms with Gasteiger partial charge in [-0.3, -0.25) is 15.1 Å². The summed E-state index contributed by atoms with van der Waals surface area (Å²) < 4.78 is 0. The van der Waals surface area contributed by atoms with E-state index in [2.05, 4.69) is 21.7 Å². The third-order valence-electron chi connectivity index (χ3n) is 2.87. The molecular weight excluding hydrogens is 202 g/mol. The second kappa shape index (κ2) is 3.87. The molecule has 1 amide bonds. The van der Waals surface area contributed by atoms with Crippen LogP contribution in [0.2, 0.25) is 0 Å². The summed E-state index contributed by atoms with van der Waals surface area (Å²) in [5.74, 6) is 0.0457. The molecule has 0 aromatic carbocycles. The molecule has 2 rings (SSSR count). The zero-order valence-electron chi connectivity index (χ0n) is 9.87. The van der Waals surface area contributed by atoms with Crippen LogP contribution >= 0.6 is 0 Å². The number of aryl methyl sites for hydroxylation is 1. The largest absolute Gasteiger partial charge is 0.353 e. The molecule has 1 unspecified atom stereocenters. The molecule has 16 heavy (non-hydrogen) atoms. The fourth-order valence-corrected chi connectivity index (χ4v) is 1.94. The summed E-state index contributed by atoms with van der Waals surface area (Å²) in [5, 5.41) is 6.25. The van der Waals surface area contributed by atoms with Gasteiger partial charge in [-0.05, 0) is 31.9 Å². The van der Waals surface area contributed by atoms with Crippen LogP contribution in [0.4, 0.5) is 0 Å². The lowest BCUT2D eigenvalue weighted by Crippen LogP contribution is -2.60. The minimum atomic E-state index is -0.521. The van der Waals surface area contributed by atoms with Gasteiger partial charge in [0.1, 0.15) is 0 Å². The topological polar surface area (TPSA) is 54.0 Å². The van der Waals surface area contributed by atoms with E-state index in [9.17, 15) is 4.79 Å². The quantitative estimate of drug-likeness (QED) is 0.738. The average molecular weight is 219 g/mol. The van der Waals surface area contributed by atoms with Gasteiger partial charge in [-0.2, -0.15) is 0 Å². The number of nitrogens with zero attached hydrogens (tertiary/aromatic N) is 1. The molecule has 1 aliphatic rings. The van der Waals surface area contributed by atoms with Gasteiger partial charge in [-0.15, -0.1) is 0 Å². The number of amides is 1. The van der Waals surface area contributed by atoms with Crippen molar-refractivity contribution in [3.63, 3.8) is 0 Å². The van der Waals surface area contributed by atoms with E-state index >= 15 is 0 Å². The summed E-state index contributed by atoms with van der Waals surface area (Å²) in [7, 11) is 0. The van der Waals surface area contributed by atoms with Crippen molar-refractivity contribution >= 4 is 5.91 Å². The Hall–Kier alpha value is -1.42. The van der Waals surface area contributed by atoms with Crippen LogP contribution < -0.4 is 10.6 Å². The maximum Gasteiger partial charge on any atom is 0.239 e. The summed E-state index contributed by atoms with van der Waals surface area (Å²) in [6.45, 7) is 6.41. The molecule has 0 radical (unpaired) electrons. The normalized spacial score (nSPS) is 23.9. The summed E-state index contributed by atoms with van der Waals surface area (Å²) in [6, 6.07) is 2.23. The van der Waals surface area contributed by atoms with Gasteiger partial charge in [0.05, 0.1) is 11.6 Å². The predicted molar refractivity (Wildman–Crippen MR) is 61.9 cm³/mol. The highest BCUT2D eigenvalue weighted by Crippen LogP contribution is 2.20. The molecule has 4 nitrogen and oxygen atoms in total. The highest BCUT2D eigenvalue weighted by Gasteiger charge is 2.35. The number of hydrogen-bond donors (Lipinski definition) is 2. The maximum absolute atomic E-state index is 11.6. The van der Waals surface area contributed by atoms with Gasteiger partial charge in [-0.25, -0.2) is 0 Å². The van der Waals surface area contributed by atoms with E-state index < -0.39 is 5.54 Å². The van der Waals surface area contributed by atoms with Crippen LogP contribution in [0, 0.1) is 6.92 Å². The van der Waals surface area contributed by atoms with E-state index in [4.69, 9.17) is 0 Å². The molecule has 2 heterocycles. The molecule has 1 fully saturated rings. The predicted octanol–water partition coefficient (Wildman–Crippen LogP) is 0.929. The number of carbonyl (C=O) groups excluding carboxylic acids is 1. The molecule has 0 bridgehead atoms. The molecule has 1 aromatic heterocycles. The van der Waals surface area contributed by atoms with Crippen molar-refractivity contribution in [1.82, 2.24) is 15.6 Å². The van der Waals surface area contributed by atoms with Crippen LogP contribution in [0.25, 0.3) is 0 Å². The third kappa shape index (κ3) is 2.07. The van der Waals surface area contributed by atoms with Gasteiger partial charge >= 0.3 is 0 Å². The van der Waals surface area contributed by atoms with E-state index in [0.29, 0.717) is 6.54 Å². The van der Waals surface area contributed by atoms with Crippen LogP contribution in [0.15, 0.2) is 18.5 Å². The first kappa shape index (κ1) is 11.1. The van der Waals surface area contributed by atoms with Crippen LogP contribution in [0.1, 0.15) is 31.0 Å². The fraction of sp³-hybridized carbons (Fsp3) is 0.500. The molecule has 2 N–H and O–H groups in total. The smallest absolute Gasteiger partial charge is 0.239 e. The molecule has 0 aliphatic carbocycles. The molecule has 0 saturated carbocycles. The Balaban J connectivity index is 2.21. The van der Waals surface area contributed by atoms with Crippen LogP contribution in [-0.2, 0) is 4.79 Å². The summed E-state index contributed by atoms with van der Waals surface area (Å²) in [6.07, 6.45) is 3.67. The lowest BCUT2D eigenvalue weighted by Gasteiger charge is -2.36. The number of hydrogen-bond acceptors (Lipinski definition) is 3. The molecule has 86 valence electrons. The molecule has 1 saturated heterocycles.